The molecule has 0 amide bonds. The van der Waals surface area contributed by atoms with Crippen molar-refractivity contribution >= 4 is 11.8 Å². The first kappa shape index (κ1) is 11.3. The topological polar surface area (TPSA) is 62.7 Å². The van der Waals surface area contributed by atoms with E-state index in [1.807, 2.05) is 23.9 Å². The van der Waals surface area contributed by atoms with Crippen molar-refractivity contribution in [1.82, 2.24) is 10.1 Å². The van der Waals surface area contributed by atoms with Gasteiger partial charge in [-0.2, -0.15) is 22.0 Å². The maximum Gasteiger partial charge on any atom is 0.258 e. The van der Waals surface area contributed by atoms with Crippen molar-refractivity contribution in [2.75, 3.05) is 5.75 Å². The van der Waals surface area contributed by atoms with Gasteiger partial charge in [-0.15, -0.1) is 0 Å². The van der Waals surface area contributed by atoms with Crippen molar-refractivity contribution in [2.45, 2.75) is 18.1 Å². The Bertz CT molecular complexity index is 596. The van der Waals surface area contributed by atoms with Gasteiger partial charge in [0.1, 0.15) is 0 Å². The van der Waals surface area contributed by atoms with E-state index >= 15 is 0 Å². The number of hydrogen-bond acceptors (Lipinski definition) is 5. The Morgan fingerprint density at radius 2 is 2.39 bits per heavy atom. The van der Waals surface area contributed by atoms with Crippen molar-refractivity contribution in [1.29, 1.82) is 5.26 Å². The van der Waals surface area contributed by atoms with E-state index in [1.165, 1.54) is 12.2 Å². The molecule has 4 nitrogen and oxygen atoms in total. The van der Waals surface area contributed by atoms with Gasteiger partial charge in [-0.1, -0.05) is 11.2 Å². The highest BCUT2D eigenvalue weighted by Crippen LogP contribution is 2.38. The molecule has 3 rings (SSSR count). The Morgan fingerprint density at radius 3 is 3.17 bits per heavy atom. The fourth-order valence-corrected chi connectivity index (χ4v) is 3.18. The van der Waals surface area contributed by atoms with E-state index in [0.717, 1.165) is 17.8 Å². The predicted octanol–water partition coefficient (Wildman–Crippen LogP) is 3.18. The zero-order chi connectivity index (χ0) is 12.4. The molecule has 0 N–H and O–H groups in total. The number of aromatic nitrogens is 2. The van der Waals surface area contributed by atoms with Gasteiger partial charge in [-0.3, -0.25) is 0 Å². The van der Waals surface area contributed by atoms with E-state index < -0.39 is 0 Å². The fraction of sp³-hybridized carbons (Fsp3) is 0.308. The lowest BCUT2D eigenvalue weighted by molar-refractivity contribution is 0.421. The highest BCUT2D eigenvalue weighted by molar-refractivity contribution is 7.99. The number of hydrogen-bond donors (Lipinski definition) is 0. The van der Waals surface area contributed by atoms with Gasteiger partial charge in [0, 0.05) is 5.56 Å². The summed E-state index contributed by atoms with van der Waals surface area (Å²) in [5.74, 6) is 2.43. The van der Waals surface area contributed by atoms with Gasteiger partial charge in [-0.25, -0.2) is 0 Å². The van der Waals surface area contributed by atoms with Crippen LogP contribution in [-0.2, 0) is 0 Å². The lowest BCUT2D eigenvalue weighted by Crippen LogP contribution is -1.91. The Kier molecular flexibility index (Phi) is 3.03. The summed E-state index contributed by atoms with van der Waals surface area (Å²) in [6, 6.07) is 9.32. The van der Waals surface area contributed by atoms with Crippen LogP contribution < -0.4 is 0 Å². The van der Waals surface area contributed by atoms with E-state index in [9.17, 15) is 0 Å². The minimum atomic E-state index is 0.363. The second-order valence-corrected chi connectivity index (χ2v) is 5.46. The first-order valence-corrected chi connectivity index (χ1v) is 6.87. The van der Waals surface area contributed by atoms with Crippen LogP contribution in [0.4, 0.5) is 0 Å². The number of rotatable bonds is 2. The minimum Gasteiger partial charge on any atom is -0.334 e. The molecular formula is C13H11N3OS. The van der Waals surface area contributed by atoms with Crippen molar-refractivity contribution in [3.63, 3.8) is 0 Å². The first-order valence-electron chi connectivity index (χ1n) is 5.82. The van der Waals surface area contributed by atoms with Crippen LogP contribution >= 0.6 is 11.8 Å². The Labute approximate surface area is 109 Å². The Balaban J connectivity index is 1.90. The normalized spacial score (nSPS) is 18.7. The van der Waals surface area contributed by atoms with Crippen LogP contribution in [0.15, 0.2) is 28.8 Å². The van der Waals surface area contributed by atoms with Crippen LogP contribution in [-0.4, -0.2) is 15.9 Å². The third-order valence-corrected chi connectivity index (χ3v) is 4.27. The number of thioether (sulfide) groups is 1. The molecule has 1 aliphatic heterocycles. The second-order valence-electron chi connectivity index (χ2n) is 4.15. The molecule has 1 atom stereocenters. The van der Waals surface area contributed by atoms with Gasteiger partial charge in [0.2, 0.25) is 0 Å². The molecule has 90 valence electrons. The number of benzene rings is 1. The maximum atomic E-state index is 8.87. The van der Waals surface area contributed by atoms with Crippen molar-refractivity contribution in [2.24, 2.45) is 0 Å². The largest absolute Gasteiger partial charge is 0.334 e. The van der Waals surface area contributed by atoms with Crippen molar-refractivity contribution in [3.05, 3.63) is 35.7 Å². The first-order chi connectivity index (χ1) is 8.86. The summed E-state index contributed by atoms with van der Waals surface area (Å²) in [5.41, 5.74) is 1.40. The SMILES string of the molecule is N#Cc1cccc(-c2nc(C3CCCS3)no2)c1. The molecule has 0 spiro atoms. The van der Waals surface area contributed by atoms with E-state index in [1.54, 1.807) is 12.1 Å². The molecule has 0 radical (unpaired) electrons. The lowest BCUT2D eigenvalue weighted by Gasteiger charge is -1.99. The standard InChI is InChI=1S/C13H11N3OS/c14-8-9-3-1-4-10(7-9)13-15-12(16-17-13)11-5-2-6-18-11/h1,3-4,7,11H,2,5-6H2. The van der Waals surface area contributed by atoms with Gasteiger partial charge in [0.25, 0.3) is 5.89 Å². The molecule has 0 aliphatic carbocycles. The molecule has 2 aromatic rings. The lowest BCUT2D eigenvalue weighted by atomic mass is 10.1. The Morgan fingerprint density at radius 1 is 1.44 bits per heavy atom. The van der Waals surface area contributed by atoms with Crippen LogP contribution in [0.5, 0.6) is 0 Å². The van der Waals surface area contributed by atoms with E-state index in [-0.39, 0.29) is 0 Å². The molecular weight excluding hydrogens is 246 g/mol. The van der Waals surface area contributed by atoms with Gasteiger partial charge < -0.3 is 4.52 Å². The fourth-order valence-electron chi connectivity index (χ4n) is 1.99. The second kappa shape index (κ2) is 4.83. The van der Waals surface area contributed by atoms with Gasteiger partial charge in [0.05, 0.1) is 16.9 Å². The number of nitrogens with zero attached hydrogens (tertiary/aromatic N) is 3. The summed E-state index contributed by atoms with van der Waals surface area (Å²) >= 11 is 1.87. The average Bonchev–Trinajstić information content (AvgIpc) is 3.09. The minimum absolute atomic E-state index is 0.363. The number of nitriles is 1. The quantitative estimate of drug-likeness (QED) is 0.826. The predicted molar refractivity (Wildman–Crippen MR) is 68.9 cm³/mol. The molecule has 1 aromatic carbocycles. The van der Waals surface area contributed by atoms with Gasteiger partial charge in [0.15, 0.2) is 5.82 Å². The van der Waals surface area contributed by atoms with Gasteiger partial charge >= 0.3 is 0 Å². The molecule has 1 fully saturated rings. The maximum absolute atomic E-state index is 8.87. The smallest absolute Gasteiger partial charge is 0.258 e. The molecule has 0 saturated carbocycles. The molecule has 0 bridgehead atoms. The van der Waals surface area contributed by atoms with Crippen LogP contribution in [0.1, 0.15) is 29.5 Å². The van der Waals surface area contributed by atoms with E-state index in [4.69, 9.17) is 9.78 Å². The highest BCUT2D eigenvalue weighted by Gasteiger charge is 2.23. The summed E-state index contributed by atoms with van der Waals surface area (Å²) in [4.78, 5) is 4.43. The third kappa shape index (κ3) is 2.12. The molecule has 2 heterocycles. The summed E-state index contributed by atoms with van der Waals surface area (Å²) < 4.78 is 5.28. The van der Waals surface area contributed by atoms with Crippen molar-refractivity contribution < 1.29 is 4.52 Å². The summed E-state index contributed by atoms with van der Waals surface area (Å²) in [6.07, 6.45) is 2.32. The van der Waals surface area contributed by atoms with Crippen LogP contribution in [0.3, 0.4) is 0 Å². The third-order valence-electron chi connectivity index (χ3n) is 2.90. The zero-order valence-electron chi connectivity index (χ0n) is 9.67. The molecule has 5 heteroatoms. The zero-order valence-corrected chi connectivity index (χ0v) is 10.5. The van der Waals surface area contributed by atoms with Gasteiger partial charge in [-0.05, 0) is 36.8 Å². The monoisotopic (exact) mass is 257 g/mol. The summed E-state index contributed by atoms with van der Waals surface area (Å²) in [7, 11) is 0. The average molecular weight is 257 g/mol. The van der Waals surface area contributed by atoms with E-state index in [0.29, 0.717) is 16.7 Å². The molecule has 18 heavy (non-hydrogen) atoms. The molecule has 1 aliphatic rings. The van der Waals surface area contributed by atoms with Crippen LogP contribution in [0, 0.1) is 11.3 Å². The molecule has 1 saturated heterocycles. The Hall–Kier alpha value is -1.80. The van der Waals surface area contributed by atoms with E-state index in [2.05, 4.69) is 16.2 Å². The van der Waals surface area contributed by atoms with Crippen LogP contribution in [0.25, 0.3) is 11.5 Å². The summed E-state index contributed by atoms with van der Waals surface area (Å²) in [6.45, 7) is 0. The molecule has 1 unspecified atom stereocenters. The van der Waals surface area contributed by atoms with Crippen molar-refractivity contribution in [3.8, 4) is 17.5 Å². The highest BCUT2D eigenvalue weighted by atomic mass is 32.2. The molecule has 1 aromatic heterocycles. The van der Waals surface area contributed by atoms with Crippen LogP contribution in [0.2, 0.25) is 0 Å². The summed E-state index contributed by atoms with van der Waals surface area (Å²) in [5, 5.41) is 13.3.